The lowest BCUT2D eigenvalue weighted by Gasteiger charge is -2.22. The van der Waals surface area contributed by atoms with Crippen LogP contribution in [0.4, 0.5) is 0 Å². The number of hydrogen-bond donors (Lipinski definition) is 1. The number of methoxy groups -OCH3 is 1. The number of rotatable bonds is 6. The number of ether oxygens (including phenoxy) is 1. The first-order valence-electron chi connectivity index (χ1n) is 6.20. The van der Waals surface area contributed by atoms with Crippen molar-refractivity contribution in [1.82, 2.24) is 4.90 Å². The summed E-state index contributed by atoms with van der Waals surface area (Å²) >= 11 is 0. The summed E-state index contributed by atoms with van der Waals surface area (Å²) in [6.45, 7) is 2.98. The van der Waals surface area contributed by atoms with Gasteiger partial charge in [0.2, 0.25) is 5.91 Å². The van der Waals surface area contributed by atoms with Gasteiger partial charge in [0.15, 0.2) is 0 Å². The molecule has 0 spiro atoms. The number of benzene rings is 1. The van der Waals surface area contributed by atoms with Crippen LogP contribution in [0, 0.1) is 5.92 Å². The highest BCUT2D eigenvalue weighted by Crippen LogP contribution is 2.14. The van der Waals surface area contributed by atoms with E-state index >= 15 is 0 Å². The summed E-state index contributed by atoms with van der Waals surface area (Å²) < 4.78 is 5.10. The van der Waals surface area contributed by atoms with E-state index in [1.807, 2.05) is 38.2 Å². The Balaban J connectivity index is 2.62. The van der Waals surface area contributed by atoms with Crippen LogP contribution in [-0.2, 0) is 11.3 Å². The molecule has 1 amide bonds. The first-order valence-corrected chi connectivity index (χ1v) is 6.20. The van der Waals surface area contributed by atoms with Crippen LogP contribution in [-0.4, -0.2) is 31.5 Å². The Hall–Kier alpha value is -1.55. The van der Waals surface area contributed by atoms with Gasteiger partial charge in [-0.05, 0) is 24.1 Å². The van der Waals surface area contributed by atoms with Gasteiger partial charge < -0.3 is 15.4 Å². The summed E-state index contributed by atoms with van der Waals surface area (Å²) in [6, 6.07) is 7.72. The summed E-state index contributed by atoms with van der Waals surface area (Å²) in [5.74, 6) is 0.852. The molecule has 1 aromatic carbocycles. The average Bonchev–Trinajstić information content (AvgIpc) is 2.40. The zero-order chi connectivity index (χ0) is 13.5. The SMILES string of the molecule is CCC(CN)C(=O)N(C)Cc1ccc(OC)cc1. The van der Waals surface area contributed by atoms with Crippen LogP contribution >= 0.6 is 0 Å². The van der Waals surface area contributed by atoms with E-state index in [0.717, 1.165) is 17.7 Å². The highest BCUT2D eigenvalue weighted by atomic mass is 16.5. The molecule has 0 saturated heterocycles. The van der Waals surface area contributed by atoms with E-state index in [1.165, 1.54) is 0 Å². The third kappa shape index (κ3) is 3.74. The van der Waals surface area contributed by atoms with Crippen molar-refractivity contribution in [1.29, 1.82) is 0 Å². The quantitative estimate of drug-likeness (QED) is 0.835. The van der Waals surface area contributed by atoms with E-state index in [9.17, 15) is 4.79 Å². The molecule has 0 radical (unpaired) electrons. The molecule has 1 atom stereocenters. The average molecular weight is 250 g/mol. The second-order valence-corrected chi connectivity index (χ2v) is 4.38. The lowest BCUT2D eigenvalue weighted by molar-refractivity contribution is -0.134. The molecule has 0 heterocycles. The van der Waals surface area contributed by atoms with Gasteiger partial charge >= 0.3 is 0 Å². The van der Waals surface area contributed by atoms with Crippen molar-refractivity contribution in [2.75, 3.05) is 20.7 Å². The number of carbonyl (C=O) groups excluding carboxylic acids is 1. The third-order valence-corrected chi connectivity index (χ3v) is 3.08. The number of amides is 1. The maximum Gasteiger partial charge on any atom is 0.226 e. The summed E-state index contributed by atoms with van der Waals surface area (Å²) in [4.78, 5) is 13.8. The lowest BCUT2D eigenvalue weighted by atomic mass is 10.1. The second-order valence-electron chi connectivity index (χ2n) is 4.38. The molecule has 4 heteroatoms. The Morgan fingerprint density at radius 1 is 1.39 bits per heavy atom. The normalized spacial score (nSPS) is 12.0. The summed E-state index contributed by atoms with van der Waals surface area (Å²) in [6.07, 6.45) is 0.780. The molecule has 0 fully saturated rings. The van der Waals surface area contributed by atoms with Gasteiger partial charge in [-0.1, -0.05) is 19.1 Å². The minimum atomic E-state index is -0.0757. The van der Waals surface area contributed by atoms with Gasteiger partial charge in [-0.15, -0.1) is 0 Å². The van der Waals surface area contributed by atoms with Gasteiger partial charge in [-0.25, -0.2) is 0 Å². The molecule has 1 aromatic rings. The Labute approximate surface area is 109 Å². The zero-order valence-corrected chi connectivity index (χ0v) is 11.3. The molecule has 100 valence electrons. The van der Waals surface area contributed by atoms with Gasteiger partial charge in [0.1, 0.15) is 5.75 Å². The molecule has 0 aliphatic rings. The summed E-state index contributed by atoms with van der Waals surface area (Å²) in [5.41, 5.74) is 6.67. The molecule has 0 bridgehead atoms. The van der Waals surface area contributed by atoms with E-state index in [2.05, 4.69) is 0 Å². The molecular formula is C14H22N2O2. The molecule has 2 N–H and O–H groups in total. The summed E-state index contributed by atoms with van der Waals surface area (Å²) in [5, 5.41) is 0. The Bertz CT molecular complexity index is 372. The molecule has 1 rings (SSSR count). The van der Waals surface area contributed by atoms with Gasteiger partial charge in [-0.2, -0.15) is 0 Å². The van der Waals surface area contributed by atoms with Crippen LogP contribution in [0.1, 0.15) is 18.9 Å². The number of nitrogens with zero attached hydrogens (tertiary/aromatic N) is 1. The Morgan fingerprint density at radius 3 is 2.44 bits per heavy atom. The smallest absolute Gasteiger partial charge is 0.226 e. The fourth-order valence-corrected chi connectivity index (χ4v) is 1.84. The van der Waals surface area contributed by atoms with E-state index < -0.39 is 0 Å². The van der Waals surface area contributed by atoms with Gasteiger partial charge in [0, 0.05) is 20.1 Å². The highest BCUT2D eigenvalue weighted by molar-refractivity contribution is 5.78. The van der Waals surface area contributed by atoms with Crippen LogP contribution in [0.5, 0.6) is 5.75 Å². The number of carbonyl (C=O) groups is 1. The van der Waals surface area contributed by atoms with Crippen LogP contribution in [0.3, 0.4) is 0 Å². The Kier molecular flexibility index (Phi) is 5.65. The molecule has 0 aliphatic carbocycles. The molecule has 0 saturated carbocycles. The molecule has 4 nitrogen and oxygen atoms in total. The molecule has 0 aromatic heterocycles. The topological polar surface area (TPSA) is 55.6 Å². The third-order valence-electron chi connectivity index (χ3n) is 3.08. The first kappa shape index (κ1) is 14.5. The van der Waals surface area contributed by atoms with Crippen LogP contribution in [0.2, 0.25) is 0 Å². The fourth-order valence-electron chi connectivity index (χ4n) is 1.84. The number of nitrogens with two attached hydrogens (primary N) is 1. The monoisotopic (exact) mass is 250 g/mol. The van der Waals surface area contributed by atoms with Crippen molar-refractivity contribution in [3.05, 3.63) is 29.8 Å². The van der Waals surface area contributed by atoms with E-state index in [1.54, 1.807) is 12.0 Å². The molecule has 0 aliphatic heterocycles. The zero-order valence-electron chi connectivity index (χ0n) is 11.3. The van der Waals surface area contributed by atoms with Gasteiger partial charge in [0.05, 0.1) is 13.0 Å². The largest absolute Gasteiger partial charge is 0.497 e. The van der Waals surface area contributed by atoms with Crippen molar-refractivity contribution in [2.24, 2.45) is 11.7 Å². The van der Waals surface area contributed by atoms with E-state index in [-0.39, 0.29) is 11.8 Å². The van der Waals surface area contributed by atoms with Crippen molar-refractivity contribution >= 4 is 5.91 Å². The standard InChI is InChI=1S/C14H22N2O2/c1-4-12(9-15)14(17)16(2)10-11-5-7-13(18-3)8-6-11/h5-8,12H,4,9-10,15H2,1-3H3. The number of hydrogen-bond acceptors (Lipinski definition) is 3. The minimum Gasteiger partial charge on any atom is -0.497 e. The maximum absolute atomic E-state index is 12.1. The molecule has 1 unspecified atom stereocenters. The van der Waals surface area contributed by atoms with Crippen LogP contribution in [0.25, 0.3) is 0 Å². The van der Waals surface area contributed by atoms with Crippen LogP contribution < -0.4 is 10.5 Å². The predicted molar refractivity (Wildman–Crippen MR) is 72.3 cm³/mol. The molecule has 18 heavy (non-hydrogen) atoms. The first-order chi connectivity index (χ1) is 8.62. The Morgan fingerprint density at radius 2 is 2.00 bits per heavy atom. The van der Waals surface area contributed by atoms with Crippen molar-refractivity contribution in [3.8, 4) is 5.75 Å². The van der Waals surface area contributed by atoms with Crippen molar-refractivity contribution in [2.45, 2.75) is 19.9 Å². The van der Waals surface area contributed by atoms with Gasteiger partial charge in [0.25, 0.3) is 0 Å². The van der Waals surface area contributed by atoms with Crippen LogP contribution in [0.15, 0.2) is 24.3 Å². The van der Waals surface area contributed by atoms with Crippen molar-refractivity contribution in [3.63, 3.8) is 0 Å². The van der Waals surface area contributed by atoms with E-state index in [4.69, 9.17) is 10.5 Å². The predicted octanol–water partition coefficient (Wildman–Crippen LogP) is 1.64. The molecular weight excluding hydrogens is 228 g/mol. The second kappa shape index (κ2) is 7.01. The fraction of sp³-hybridized carbons (Fsp3) is 0.500. The van der Waals surface area contributed by atoms with Crippen molar-refractivity contribution < 1.29 is 9.53 Å². The maximum atomic E-state index is 12.1. The van der Waals surface area contributed by atoms with E-state index in [0.29, 0.717) is 13.1 Å². The summed E-state index contributed by atoms with van der Waals surface area (Å²) in [7, 11) is 3.45. The lowest BCUT2D eigenvalue weighted by Crippen LogP contribution is -2.35. The van der Waals surface area contributed by atoms with Gasteiger partial charge in [-0.3, -0.25) is 4.79 Å². The highest BCUT2D eigenvalue weighted by Gasteiger charge is 2.18. The minimum absolute atomic E-state index is 0.0757.